The number of hydrogen-bond acceptors (Lipinski definition) is 8. The van der Waals surface area contributed by atoms with Gasteiger partial charge in [-0.15, -0.1) is 0 Å². The molecule has 1 saturated carbocycles. The molecule has 3 N–H and O–H groups in total. The summed E-state index contributed by atoms with van der Waals surface area (Å²) >= 11 is 5.71. The quantitative estimate of drug-likeness (QED) is 0.294. The van der Waals surface area contributed by atoms with Crippen LogP contribution >= 0.6 is 11.6 Å². The van der Waals surface area contributed by atoms with Crippen molar-refractivity contribution in [1.29, 1.82) is 0 Å². The number of hydrazine groups is 2. The molecule has 3 heterocycles. The van der Waals surface area contributed by atoms with Gasteiger partial charge in [-0.2, -0.15) is 33.3 Å². The first kappa shape index (κ1) is 28.4. The summed E-state index contributed by atoms with van der Waals surface area (Å²) in [6, 6.07) is 8.14. The number of urea groups is 1. The smallest absolute Gasteiger partial charge is 0.364 e. The maximum atomic E-state index is 13.3. The van der Waals surface area contributed by atoms with E-state index in [0.717, 1.165) is 49.1 Å². The van der Waals surface area contributed by atoms with Crippen LogP contribution in [0.4, 0.5) is 41.0 Å². The van der Waals surface area contributed by atoms with Gasteiger partial charge in [-0.1, -0.05) is 36.9 Å². The first-order chi connectivity index (χ1) is 20.1. The lowest BCUT2D eigenvalue weighted by Crippen LogP contribution is -2.54. The van der Waals surface area contributed by atoms with E-state index >= 15 is 0 Å². The van der Waals surface area contributed by atoms with Crippen LogP contribution in [-0.2, 0) is 10.9 Å². The summed E-state index contributed by atoms with van der Waals surface area (Å²) in [4.78, 5) is 26.2. The van der Waals surface area contributed by atoms with Gasteiger partial charge in [0.15, 0.2) is 5.82 Å². The van der Waals surface area contributed by atoms with Gasteiger partial charge >= 0.3 is 12.2 Å². The summed E-state index contributed by atoms with van der Waals surface area (Å²) in [6.07, 6.45) is 2.03. The maximum absolute atomic E-state index is 13.3. The first-order valence-electron chi connectivity index (χ1n) is 13.9. The Morgan fingerprint density at radius 3 is 2.52 bits per heavy atom. The molecule has 0 radical (unpaired) electrons. The number of aromatic nitrogens is 3. The van der Waals surface area contributed by atoms with E-state index in [1.165, 1.54) is 18.8 Å². The normalized spacial score (nSPS) is 22.3. The molecule has 222 valence electrons. The number of benzene rings is 2. The number of hydrogen-bond donors (Lipinski definition) is 3. The summed E-state index contributed by atoms with van der Waals surface area (Å²) in [5, 5.41) is 8.66. The number of halogens is 4. The fourth-order valence-electron chi connectivity index (χ4n) is 5.77. The largest absolute Gasteiger partial charge is 0.417 e. The molecule has 3 unspecified atom stereocenters. The molecule has 6 rings (SSSR count). The Balaban J connectivity index is 1.27. The average molecular weight is 603 g/mol. The van der Waals surface area contributed by atoms with Crippen molar-refractivity contribution in [2.24, 2.45) is 0 Å². The minimum Gasteiger partial charge on any atom is -0.364 e. The van der Waals surface area contributed by atoms with E-state index in [2.05, 4.69) is 36.0 Å². The van der Waals surface area contributed by atoms with Crippen molar-refractivity contribution in [1.82, 2.24) is 20.0 Å². The molecule has 14 heteroatoms. The molecule has 2 amide bonds. The van der Waals surface area contributed by atoms with Crippen LogP contribution in [0, 0.1) is 0 Å². The molecule has 2 fully saturated rings. The Bertz CT molecular complexity index is 1470. The van der Waals surface area contributed by atoms with Gasteiger partial charge in [-0.3, -0.25) is 5.43 Å². The highest BCUT2D eigenvalue weighted by atomic mass is 35.5. The Kier molecular flexibility index (Phi) is 7.81. The second kappa shape index (κ2) is 11.5. The summed E-state index contributed by atoms with van der Waals surface area (Å²) in [6.45, 7) is 3.13. The summed E-state index contributed by atoms with van der Waals surface area (Å²) in [5.74, 6) is 1.32. The van der Waals surface area contributed by atoms with Crippen LogP contribution in [0.2, 0.25) is 5.02 Å². The van der Waals surface area contributed by atoms with E-state index < -0.39 is 22.8 Å². The number of anilines is 4. The van der Waals surface area contributed by atoms with Gasteiger partial charge in [0, 0.05) is 17.9 Å². The number of morpholine rings is 1. The van der Waals surface area contributed by atoms with E-state index in [-0.39, 0.29) is 17.9 Å². The summed E-state index contributed by atoms with van der Waals surface area (Å²) in [7, 11) is 0. The predicted octanol–water partition coefficient (Wildman–Crippen LogP) is 6.76. The molecule has 3 atom stereocenters. The second-order valence-corrected chi connectivity index (χ2v) is 11.2. The van der Waals surface area contributed by atoms with Gasteiger partial charge in [0.2, 0.25) is 0 Å². The van der Waals surface area contributed by atoms with E-state index in [9.17, 15) is 18.0 Å². The SMILES string of the molecule is CC1CN2CC(O1)c1ncnc(n1)N2Nc1cc(NC(=O)Nc2ccc(Cl)c(C(F)(F)F)c2)ccc1C1CCCCC1. The van der Waals surface area contributed by atoms with Crippen molar-refractivity contribution in [2.75, 3.05) is 34.3 Å². The van der Waals surface area contributed by atoms with Crippen LogP contribution in [0.5, 0.6) is 0 Å². The third-order valence-electron chi connectivity index (χ3n) is 7.69. The van der Waals surface area contributed by atoms with Crippen LogP contribution in [-0.4, -0.2) is 45.2 Å². The van der Waals surface area contributed by atoms with E-state index in [1.54, 1.807) is 6.07 Å². The molecule has 42 heavy (non-hydrogen) atoms. The van der Waals surface area contributed by atoms with Gasteiger partial charge < -0.3 is 15.4 Å². The highest BCUT2D eigenvalue weighted by Gasteiger charge is 2.37. The van der Waals surface area contributed by atoms with Gasteiger partial charge in [0.05, 0.1) is 28.9 Å². The van der Waals surface area contributed by atoms with Crippen LogP contribution in [0.3, 0.4) is 0 Å². The Labute approximate surface area is 245 Å². The van der Waals surface area contributed by atoms with Crippen molar-refractivity contribution >= 4 is 40.6 Å². The topological polar surface area (TPSA) is 108 Å². The number of nitrogens with one attached hydrogen (secondary N) is 3. The third kappa shape index (κ3) is 6.08. The number of carbonyl (C=O) groups excluding carboxylic acids is 1. The van der Waals surface area contributed by atoms with E-state index in [0.29, 0.717) is 36.5 Å². The number of fused-ring (bicyclic) bond motifs is 5. The second-order valence-electron chi connectivity index (χ2n) is 10.8. The molecule has 2 aromatic carbocycles. The minimum atomic E-state index is -4.65. The van der Waals surface area contributed by atoms with Crippen LogP contribution in [0.15, 0.2) is 42.7 Å². The molecule has 10 nitrogen and oxygen atoms in total. The molecule has 2 aliphatic heterocycles. The number of rotatable bonds is 5. The molecule has 3 aliphatic rings. The number of carbonyl (C=O) groups is 1. The monoisotopic (exact) mass is 602 g/mol. The summed E-state index contributed by atoms with van der Waals surface area (Å²) in [5.41, 5.74) is 4.77. The van der Waals surface area contributed by atoms with Crippen LogP contribution < -0.4 is 21.2 Å². The minimum absolute atomic E-state index is 0.0346. The van der Waals surface area contributed by atoms with E-state index in [4.69, 9.17) is 16.3 Å². The average Bonchev–Trinajstić information content (AvgIpc) is 3.02. The molecular weight excluding hydrogens is 573 g/mol. The third-order valence-corrected chi connectivity index (χ3v) is 8.02. The molecule has 3 aromatic rings. The molecule has 1 aliphatic carbocycles. The lowest BCUT2D eigenvalue weighted by atomic mass is 9.83. The Hall–Kier alpha value is -3.68. The molecule has 1 saturated heterocycles. The number of amides is 2. The molecule has 1 aromatic heterocycles. The maximum Gasteiger partial charge on any atom is 0.417 e. The number of nitrogens with zero attached hydrogens (tertiary/aromatic N) is 5. The van der Waals surface area contributed by atoms with E-state index in [1.807, 2.05) is 24.2 Å². The van der Waals surface area contributed by atoms with Crippen molar-refractivity contribution in [2.45, 2.75) is 63.3 Å². The van der Waals surface area contributed by atoms with Gasteiger partial charge in [0.1, 0.15) is 12.4 Å². The Morgan fingerprint density at radius 1 is 1.02 bits per heavy atom. The highest BCUT2D eigenvalue weighted by Crippen LogP contribution is 2.39. The zero-order valence-corrected chi connectivity index (χ0v) is 23.5. The van der Waals surface area contributed by atoms with Gasteiger partial charge in [0.25, 0.3) is 5.95 Å². The van der Waals surface area contributed by atoms with Crippen LogP contribution in [0.25, 0.3) is 0 Å². The predicted molar refractivity (Wildman–Crippen MR) is 152 cm³/mol. The molecule has 4 bridgehead atoms. The zero-order chi connectivity index (χ0) is 29.4. The van der Waals surface area contributed by atoms with Gasteiger partial charge in [-0.25, -0.2) is 9.78 Å². The van der Waals surface area contributed by atoms with Crippen molar-refractivity contribution in [3.8, 4) is 0 Å². The van der Waals surface area contributed by atoms with Gasteiger partial charge in [-0.05, 0) is 61.6 Å². The lowest BCUT2D eigenvalue weighted by Gasteiger charge is -2.40. The van der Waals surface area contributed by atoms with Crippen molar-refractivity contribution in [3.05, 3.63) is 64.7 Å². The first-order valence-corrected chi connectivity index (χ1v) is 14.3. The fourth-order valence-corrected chi connectivity index (χ4v) is 5.99. The standard InChI is InChI=1S/C28H30ClF3N8O2/c1-16-13-39-14-24(42-16)25-33-15-34-26(37-25)40(39)38-23-12-19(7-9-20(23)17-5-3-2-4-6-17)36-27(41)35-18-8-10-22(29)21(11-18)28(30,31)32/h7-12,15-17,24,38H,2-6,13-14H2,1H3,(H2,35,36,41). The van der Waals surface area contributed by atoms with Crippen molar-refractivity contribution in [3.63, 3.8) is 0 Å². The molecular formula is C28H30ClF3N8O2. The molecule has 0 spiro atoms. The lowest BCUT2D eigenvalue weighted by molar-refractivity contribution is -0.137. The number of alkyl halides is 3. The zero-order valence-electron chi connectivity index (χ0n) is 22.8. The number of ether oxygens (including phenoxy) is 1. The van der Waals surface area contributed by atoms with Crippen molar-refractivity contribution < 1.29 is 22.7 Å². The highest BCUT2D eigenvalue weighted by molar-refractivity contribution is 6.31. The summed E-state index contributed by atoms with van der Waals surface area (Å²) < 4.78 is 45.9. The Morgan fingerprint density at radius 2 is 1.76 bits per heavy atom. The fraction of sp³-hybridized carbons (Fsp3) is 0.429. The van der Waals surface area contributed by atoms with Crippen LogP contribution in [0.1, 0.15) is 68.0 Å².